The summed E-state index contributed by atoms with van der Waals surface area (Å²) in [5.41, 5.74) is 0. The summed E-state index contributed by atoms with van der Waals surface area (Å²) in [5, 5.41) is 11.7. The van der Waals surface area contributed by atoms with E-state index >= 15 is 0 Å². The molecule has 22 heavy (non-hydrogen) atoms. The number of aryl methyl sites for hydroxylation is 1. The van der Waals surface area contributed by atoms with Crippen LogP contribution in [0.25, 0.3) is 0 Å². The van der Waals surface area contributed by atoms with Crippen LogP contribution in [-0.4, -0.2) is 31.4 Å². The molecular weight excluding hydrogens is 366 g/mol. The Morgan fingerprint density at radius 3 is 2.95 bits per heavy atom. The van der Waals surface area contributed by atoms with Crippen molar-refractivity contribution < 1.29 is 4.79 Å². The minimum absolute atomic E-state index is 0.133. The first-order chi connectivity index (χ1) is 10.6. The maximum Gasteiger partial charge on any atom is 0.236 e. The molecule has 6 nitrogen and oxygen atoms in total. The van der Waals surface area contributed by atoms with Crippen molar-refractivity contribution in [2.24, 2.45) is 0 Å². The van der Waals surface area contributed by atoms with Gasteiger partial charge in [0.05, 0.1) is 5.75 Å². The Bertz CT molecular complexity index is 656. The number of halogens is 1. The minimum Gasteiger partial charge on any atom is -0.310 e. The Hall–Kier alpha value is -1.67. The summed E-state index contributed by atoms with van der Waals surface area (Å²) >= 11 is 4.65. The SMILES string of the molecule is C=CCn1c(CC)nnc1SCC(=O)Nc1ccc(Br)cn1. The molecule has 0 saturated carbocycles. The summed E-state index contributed by atoms with van der Waals surface area (Å²) in [7, 11) is 0. The molecule has 0 aliphatic heterocycles. The lowest BCUT2D eigenvalue weighted by Gasteiger charge is -2.07. The van der Waals surface area contributed by atoms with Crippen LogP contribution >= 0.6 is 27.7 Å². The molecule has 0 aromatic carbocycles. The number of carbonyl (C=O) groups is 1. The van der Waals surface area contributed by atoms with Crippen LogP contribution in [0.2, 0.25) is 0 Å². The third kappa shape index (κ3) is 4.41. The first-order valence-electron chi connectivity index (χ1n) is 6.71. The van der Waals surface area contributed by atoms with Crippen LogP contribution in [0.3, 0.4) is 0 Å². The topological polar surface area (TPSA) is 72.7 Å². The summed E-state index contributed by atoms with van der Waals surface area (Å²) in [6, 6.07) is 3.56. The fourth-order valence-electron chi connectivity index (χ4n) is 1.76. The van der Waals surface area contributed by atoms with Gasteiger partial charge in [-0.05, 0) is 28.1 Å². The number of pyridine rings is 1. The van der Waals surface area contributed by atoms with E-state index in [1.165, 1.54) is 11.8 Å². The number of nitrogens with one attached hydrogen (secondary N) is 1. The second-order valence-corrected chi connectivity index (χ2v) is 6.21. The lowest BCUT2D eigenvalue weighted by molar-refractivity contribution is -0.113. The van der Waals surface area contributed by atoms with Crippen molar-refractivity contribution in [2.75, 3.05) is 11.1 Å². The van der Waals surface area contributed by atoms with Gasteiger partial charge in [0, 0.05) is 23.6 Å². The van der Waals surface area contributed by atoms with E-state index in [4.69, 9.17) is 0 Å². The van der Waals surface area contributed by atoms with E-state index in [0.29, 0.717) is 12.4 Å². The Kier molecular flexibility index (Phi) is 6.14. The van der Waals surface area contributed by atoms with Gasteiger partial charge in [-0.3, -0.25) is 4.79 Å². The molecule has 0 bridgehead atoms. The molecule has 116 valence electrons. The van der Waals surface area contributed by atoms with Crippen LogP contribution in [-0.2, 0) is 17.8 Å². The quantitative estimate of drug-likeness (QED) is 0.589. The highest BCUT2D eigenvalue weighted by molar-refractivity contribution is 9.10. The highest BCUT2D eigenvalue weighted by Crippen LogP contribution is 2.18. The minimum atomic E-state index is -0.133. The zero-order valence-corrected chi connectivity index (χ0v) is 14.5. The van der Waals surface area contributed by atoms with E-state index in [2.05, 4.69) is 43.0 Å². The van der Waals surface area contributed by atoms with Crippen molar-refractivity contribution in [3.63, 3.8) is 0 Å². The van der Waals surface area contributed by atoms with E-state index in [1.54, 1.807) is 18.3 Å². The monoisotopic (exact) mass is 381 g/mol. The van der Waals surface area contributed by atoms with Crippen molar-refractivity contribution in [3.05, 3.63) is 41.3 Å². The lowest BCUT2D eigenvalue weighted by atomic mass is 10.4. The molecule has 8 heteroatoms. The van der Waals surface area contributed by atoms with E-state index in [9.17, 15) is 4.79 Å². The van der Waals surface area contributed by atoms with Gasteiger partial charge in [0.2, 0.25) is 5.91 Å². The van der Waals surface area contributed by atoms with Crippen molar-refractivity contribution in [1.29, 1.82) is 0 Å². The highest BCUT2D eigenvalue weighted by atomic mass is 79.9. The zero-order valence-electron chi connectivity index (χ0n) is 12.1. The molecule has 0 aliphatic rings. The van der Waals surface area contributed by atoms with Crippen LogP contribution in [0.1, 0.15) is 12.7 Å². The van der Waals surface area contributed by atoms with Crippen LogP contribution in [0.5, 0.6) is 0 Å². The summed E-state index contributed by atoms with van der Waals surface area (Å²) < 4.78 is 2.83. The number of hydrogen-bond donors (Lipinski definition) is 1. The van der Waals surface area contributed by atoms with Crippen LogP contribution in [0.4, 0.5) is 5.82 Å². The van der Waals surface area contributed by atoms with Crippen molar-refractivity contribution in [2.45, 2.75) is 25.0 Å². The van der Waals surface area contributed by atoms with Crippen LogP contribution < -0.4 is 5.32 Å². The van der Waals surface area contributed by atoms with E-state index in [-0.39, 0.29) is 11.7 Å². The second-order valence-electron chi connectivity index (χ2n) is 4.35. The number of allylic oxidation sites excluding steroid dienone is 1. The molecule has 0 aliphatic carbocycles. The molecule has 0 saturated heterocycles. The molecule has 1 N–H and O–H groups in total. The van der Waals surface area contributed by atoms with Crippen LogP contribution in [0, 0.1) is 0 Å². The molecule has 0 fully saturated rings. The highest BCUT2D eigenvalue weighted by Gasteiger charge is 2.12. The normalized spacial score (nSPS) is 10.5. The summed E-state index contributed by atoms with van der Waals surface area (Å²) in [4.78, 5) is 16.1. The van der Waals surface area contributed by atoms with E-state index in [1.807, 2.05) is 17.6 Å². The molecule has 2 rings (SSSR count). The summed E-state index contributed by atoms with van der Waals surface area (Å²) in [6.45, 7) is 6.38. The number of amides is 1. The van der Waals surface area contributed by atoms with Gasteiger partial charge in [-0.2, -0.15) is 0 Å². The van der Waals surface area contributed by atoms with E-state index < -0.39 is 0 Å². The first-order valence-corrected chi connectivity index (χ1v) is 8.49. The molecule has 2 aromatic heterocycles. The zero-order chi connectivity index (χ0) is 15.9. The predicted octanol–water partition coefficient (Wildman–Crippen LogP) is 2.91. The van der Waals surface area contributed by atoms with Gasteiger partial charge in [0.25, 0.3) is 0 Å². The Labute approximate surface area is 141 Å². The second kappa shape index (κ2) is 8.09. The van der Waals surface area contributed by atoms with Gasteiger partial charge in [-0.25, -0.2) is 4.98 Å². The molecule has 0 unspecified atom stereocenters. The summed E-state index contributed by atoms with van der Waals surface area (Å²) in [5.74, 6) is 1.52. The Balaban J connectivity index is 1.94. The largest absolute Gasteiger partial charge is 0.310 e. The third-order valence-corrected chi connectivity index (χ3v) is 4.18. The Morgan fingerprint density at radius 1 is 1.50 bits per heavy atom. The van der Waals surface area contributed by atoms with Gasteiger partial charge in [0.1, 0.15) is 11.6 Å². The first kappa shape index (κ1) is 16.7. The van der Waals surface area contributed by atoms with Gasteiger partial charge >= 0.3 is 0 Å². The number of aromatic nitrogens is 4. The molecule has 1 amide bonds. The van der Waals surface area contributed by atoms with E-state index in [0.717, 1.165) is 21.9 Å². The molecule has 2 heterocycles. The molecular formula is C14H16BrN5OS. The van der Waals surface area contributed by atoms with Gasteiger partial charge in [-0.1, -0.05) is 24.8 Å². The molecule has 0 radical (unpaired) electrons. The standard InChI is InChI=1S/C14H16BrN5OS/c1-3-7-20-12(4-2)18-19-14(20)22-9-13(21)17-11-6-5-10(15)8-16-11/h3,5-6,8H,1,4,7,9H2,2H3,(H,16,17,21). The molecule has 0 atom stereocenters. The van der Waals surface area contributed by atoms with Crippen molar-refractivity contribution >= 4 is 39.4 Å². The third-order valence-electron chi connectivity index (χ3n) is 2.75. The summed E-state index contributed by atoms with van der Waals surface area (Å²) in [6.07, 6.45) is 4.21. The van der Waals surface area contributed by atoms with Gasteiger partial charge in [-0.15, -0.1) is 16.8 Å². The molecule has 2 aromatic rings. The van der Waals surface area contributed by atoms with Gasteiger partial charge in [0.15, 0.2) is 5.16 Å². The van der Waals surface area contributed by atoms with Crippen LogP contribution in [0.15, 0.2) is 40.6 Å². The number of thioether (sulfide) groups is 1. The number of hydrogen-bond acceptors (Lipinski definition) is 5. The average molecular weight is 382 g/mol. The number of anilines is 1. The fourth-order valence-corrected chi connectivity index (χ4v) is 2.76. The number of rotatable bonds is 7. The van der Waals surface area contributed by atoms with Gasteiger partial charge < -0.3 is 9.88 Å². The smallest absolute Gasteiger partial charge is 0.236 e. The van der Waals surface area contributed by atoms with Crippen molar-refractivity contribution in [1.82, 2.24) is 19.7 Å². The average Bonchev–Trinajstić information content (AvgIpc) is 2.90. The lowest BCUT2D eigenvalue weighted by Crippen LogP contribution is -2.15. The van der Waals surface area contributed by atoms with Crippen molar-refractivity contribution in [3.8, 4) is 0 Å². The Morgan fingerprint density at radius 2 is 2.32 bits per heavy atom. The maximum atomic E-state index is 12.0. The maximum absolute atomic E-state index is 12.0. The predicted molar refractivity (Wildman–Crippen MR) is 90.9 cm³/mol. The number of carbonyl (C=O) groups excluding carboxylic acids is 1. The number of nitrogens with zero attached hydrogens (tertiary/aromatic N) is 4. The molecule has 0 spiro atoms. The fraction of sp³-hybridized carbons (Fsp3) is 0.286.